The van der Waals surface area contributed by atoms with Gasteiger partial charge in [-0.05, 0) is 37.1 Å². The fraction of sp³-hybridized carbons (Fsp3) is 0.263. The molecule has 0 aliphatic carbocycles. The number of hydrogen-bond donors (Lipinski definition) is 3. The maximum absolute atomic E-state index is 12.2. The van der Waals surface area contributed by atoms with E-state index in [4.69, 9.17) is 14.6 Å². The number of para-hydroxylation sites is 1. The first-order valence-electron chi connectivity index (χ1n) is 8.00. The van der Waals surface area contributed by atoms with E-state index in [0.29, 0.717) is 13.0 Å². The van der Waals surface area contributed by atoms with Crippen LogP contribution in [0.15, 0.2) is 36.4 Å². The molecule has 0 fully saturated rings. The van der Waals surface area contributed by atoms with Crippen molar-refractivity contribution in [1.29, 1.82) is 0 Å². The number of carbonyl (C=O) groups excluding carboxylic acids is 1. The monoisotopic (exact) mass is 360 g/mol. The molecule has 0 amide bonds. The van der Waals surface area contributed by atoms with Crippen LogP contribution in [-0.4, -0.2) is 40.3 Å². The van der Waals surface area contributed by atoms with E-state index in [2.05, 4.69) is 0 Å². The Kier molecular flexibility index (Phi) is 6.43. The van der Waals surface area contributed by atoms with Crippen LogP contribution in [0.3, 0.4) is 0 Å². The molecule has 0 aliphatic rings. The molecule has 7 heteroatoms. The summed E-state index contributed by atoms with van der Waals surface area (Å²) in [4.78, 5) is 22.7. The number of hydrogen-bond acceptors (Lipinski definition) is 6. The van der Waals surface area contributed by atoms with Gasteiger partial charge in [-0.25, -0.2) is 4.79 Å². The Hall–Kier alpha value is -3.22. The van der Waals surface area contributed by atoms with Crippen LogP contribution in [0.1, 0.15) is 28.8 Å². The molecule has 0 unspecified atom stereocenters. The molecular formula is C19H20O7. The van der Waals surface area contributed by atoms with Crippen LogP contribution in [0.25, 0.3) is 0 Å². The van der Waals surface area contributed by atoms with Gasteiger partial charge in [0.2, 0.25) is 5.75 Å². The predicted molar refractivity (Wildman–Crippen MR) is 93.1 cm³/mol. The van der Waals surface area contributed by atoms with Crippen LogP contribution in [0.5, 0.6) is 23.0 Å². The number of carbonyl (C=O) groups is 2. The zero-order valence-corrected chi connectivity index (χ0v) is 14.3. The normalized spacial score (nSPS) is 10.3. The quantitative estimate of drug-likeness (QED) is 0.465. The van der Waals surface area contributed by atoms with Gasteiger partial charge >= 0.3 is 5.97 Å². The van der Waals surface area contributed by atoms with Gasteiger partial charge in [-0.2, -0.15) is 0 Å². The topological polar surface area (TPSA) is 113 Å². The Morgan fingerprint density at radius 1 is 1.04 bits per heavy atom. The summed E-state index contributed by atoms with van der Waals surface area (Å²) < 4.78 is 10.4. The molecule has 0 atom stereocenters. The summed E-state index contributed by atoms with van der Waals surface area (Å²) in [5.41, 5.74) is 1.11. The van der Waals surface area contributed by atoms with Crippen LogP contribution in [-0.2, 0) is 4.79 Å². The number of carboxylic acid groups (broad SMARTS) is 1. The number of aromatic hydroxyl groups is 2. The Morgan fingerprint density at radius 3 is 2.31 bits per heavy atom. The highest BCUT2D eigenvalue weighted by Crippen LogP contribution is 2.37. The Balaban J connectivity index is 1.91. The SMILES string of the molecule is Cc1ccccc1OCCCC(=O)c1cc(O)c(OCC(=O)O)c(O)c1. The molecule has 0 radical (unpaired) electrons. The lowest BCUT2D eigenvalue weighted by Gasteiger charge is -2.11. The number of phenolic OH excluding ortho intramolecular Hbond substituents is 2. The maximum Gasteiger partial charge on any atom is 0.341 e. The summed E-state index contributed by atoms with van der Waals surface area (Å²) in [7, 11) is 0. The lowest BCUT2D eigenvalue weighted by atomic mass is 10.1. The van der Waals surface area contributed by atoms with Gasteiger partial charge in [-0.1, -0.05) is 18.2 Å². The zero-order chi connectivity index (χ0) is 19.1. The molecule has 0 aromatic heterocycles. The Morgan fingerprint density at radius 2 is 1.69 bits per heavy atom. The van der Waals surface area contributed by atoms with Crippen LogP contribution in [0.2, 0.25) is 0 Å². The third kappa shape index (κ3) is 5.14. The van der Waals surface area contributed by atoms with E-state index in [1.807, 2.05) is 31.2 Å². The van der Waals surface area contributed by atoms with Crippen molar-refractivity contribution in [3.63, 3.8) is 0 Å². The van der Waals surface area contributed by atoms with Crippen LogP contribution >= 0.6 is 0 Å². The molecule has 2 aromatic carbocycles. The lowest BCUT2D eigenvalue weighted by molar-refractivity contribution is -0.139. The van der Waals surface area contributed by atoms with Crippen molar-refractivity contribution >= 4 is 11.8 Å². The average Bonchev–Trinajstić information content (AvgIpc) is 2.58. The second kappa shape index (κ2) is 8.75. The van der Waals surface area contributed by atoms with Gasteiger partial charge in [0.1, 0.15) is 5.75 Å². The highest BCUT2D eigenvalue weighted by molar-refractivity contribution is 5.97. The Labute approximate surface area is 150 Å². The first kappa shape index (κ1) is 19.1. The fourth-order valence-corrected chi connectivity index (χ4v) is 2.32. The van der Waals surface area contributed by atoms with E-state index in [-0.39, 0.29) is 23.5 Å². The molecule has 2 aromatic rings. The second-order valence-electron chi connectivity index (χ2n) is 5.67. The summed E-state index contributed by atoms with van der Waals surface area (Å²) in [5.74, 6) is -2.13. The lowest BCUT2D eigenvalue weighted by Crippen LogP contribution is -2.10. The summed E-state index contributed by atoms with van der Waals surface area (Å²) in [6.45, 7) is 1.57. The predicted octanol–water partition coefficient (Wildman–Crippen LogP) is 2.91. The fourth-order valence-electron chi connectivity index (χ4n) is 2.32. The number of benzene rings is 2. The minimum absolute atomic E-state index is 0.110. The average molecular weight is 360 g/mol. The molecule has 7 nitrogen and oxygen atoms in total. The number of ether oxygens (including phenoxy) is 2. The molecule has 0 saturated carbocycles. The number of aliphatic carboxylic acids is 1. The van der Waals surface area contributed by atoms with Crippen molar-refractivity contribution in [3.8, 4) is 23.0 Å². The van der Waals surface area contributed by atoms with Crippen molar-refractivity contribution < 1.29 is 34.4 Å². The molecule has 3 N–H and O–H groups in total. The number of ketones is 1. The van der Waals surface area contributed by atoms with E-state index in [0.717, 1.165) is 23.4 Å². The number of Topliss-reactive ketones (excluding diaryl/α,β-unsaturated/α-hetero) is 1. The summed E-state index contributed by atoms with van der Waals surface area (Å²) in [6, 6.07) is 9.84. The van der Waals surface area contributed by atoms with Crippen molar-refractivity contribution in [3.05, 3.63) is 47.5 Å². The standard InChI is InChI=1S/C19H20O7/c1-12-5-2-3-7-17(12)25-8-4-6-14(20)13-9-15(21)19(16(22)10-13)26-11-18(23)24/h2-3,5,7,9-10,21-22H,4,6,8,11H2,1H3,(H,23,24). The number of rotatable bonds is 9. The molecule has 0 heterocycles. The summed E-state index contributed by atoms with van der Waals surface area (Å²) in [6.07, 6.45) is 0.631. The van der Waals surface area contributed by atoms with Gasteiger partial charge in [0, 0.05) is 12.0 Å². The maximum atomic E-state index is 12.2. The van der Waals surface area contributed by atoms with E-state index in [9.17, 15) is 19.8 Å². The molecule has 0 saturated heterocycles. The second-order valence-corrected chi connectivity index (χ2v) is 5.67. The van der Waals surface area contributed by atoms with E-state index < -0.39 is 24.1 Å². The number of aryl methyl sites for hydroxylation is 1. The van der Waals surface area contributed by atoms with Crippen molar-refractivity contribution in [2.24, 2.45) is 0 Å². The van der Waals surface area contributed by atoms with Gasteiger partial charge < -0.3 is 24.8 Å². The smallest absolute Gasteiger partial charge is 0.341 e. The van der Waals surface area contributed by atoms with Gasteiger partial charge in [0.25, 0.3) is 0 Å². The largest absolute Gasteiger partial charge is 0.504 e. The minimum atomic E-state index is -1.25. The van der Waals surface area contributed by atoms with E-state index in [1.54, 1.807) is 0 Å². The third-order valence-electron chi connectivity index (χ3n) is 3.61. The van der Waals surface area contributed by atoms with Gasteiger partial charge in [0.15, 0.2) is 23.9 Å². The van der Waals surface area contributed by atoms with Crippen molar-refractivity contribution in [2.45, 2.75) is 19.8 Å². The van der Waals surface area contributed by atoms with Crippen LogP contribution in [0.4, 0.5) is 0 Å². The molecule has 138 valence electrons. The van der Waals surface area contributed by atoms with E-state index >= 15 is 0 Å². The highest BCUT2D eigenvalue weighted by atomic mass is 16.5. The molecule has 0 bridgehead atoms. The molecular weight excluding hydrogens is 340 g/mol. The number of phenols is 2. The summed E-state index contributed by atoms with van der Waals surface area (Å²) in [5, 5.41) is 28.2. The number of carboxylic acids is 1. The Bertz CT molecular complexity index is 775. The minimum Gasteiger partial charge on any atom is -0.504 e. The van der Waals surface area contributed by atoms with Gasteiger partial charge in [-0.3, -0.25) is 4.79 Å². The molecule has 0 aliphatic heterocycles. The molecule has 2 rings (SSSR count). The van der Waals surface area contributed by atoms with Crippen LogP contribution in [0, 0.1) is 6.92 Å². The molecule has 26 heavy (non-hydrogen) atoms. The summed E-state index contributed by atoms with van der Waals surface area (Å²) >= 11 is 0. The van der Waals surface area contributed by atoms with E-state index in [1.165, 1.54) is 0 Å². The first-order chi connectivity index (χ1) is 12.4. The van der Waals surface area contributed by atoms with Crippen molar-refractivity contribution in [1.82, 2.24) is 0 Å². The van der Waals surface area contributed by atoms with Gasteiger partial charge in [0.05, 0.1) is 6.61 Å². The van der Waals surface area contributed by atoms with Gasteiger partial charge in [-0.15, -0.1) is 0 Å². The molecule has 0 spiro atoms. The van der Waals surface area contributed by atoms with Crippen molar-refractivity contribution in [2.75, 3.05) is 13.2 Å². The van der Waals surface area contributed by atoms with Crippen LogP contribution < -0.4 is 9.47 Å². The highest BCUT2D eigenvalue weighted by Gasteiger charge is 2.16. The first-order valence-corrected chi connectivity index (χ1v) is 8.00. The third-order valence-corrected chi connectivity index (χ3v) is 3.61. The zero-order valence-electron chi connectivity index (χ0n) is 14.3.